The van der Waals surface area contributed by atoms with Gasteiger partial charge in [0.15, 0.2) is 0 Å². The summed E-state index contributed by atoms with van der Waals surface area (Å²) < 4.78 is 5.25. The molecule has 3 aromatic rings. The lowest BCUT2D eigenvalue weighted by Gasteiger charge is -2.35. The highest BCUT2D eigenvalue weighted by atomic mass is 16.5. The average Bonchev–Trinajstić information content (AvgIpc) is 3.23. The fourth-order valence-corrected chi connectivity index (χ4v) is 5.01. The Morgan fingerprint density at radius 3 is 2.53 bits per heavy atom. The Bertz CT molecular complexity index is 1160. The van der Waals surface area contributed by atoms with E-state index in [0.717, 1.165) is 35.2 Å². The van der Waals surface area contributed by atoms with Crippen molar-refractivity contribution in [3.05, 3.63) is 64.8 Å². The molecule has 1 N–H and O–H groups in total. The number of carbonyl (C=O) groups is 2. The summed E-state index contributed by atoms with van der Waals surface area (Å²) in [7, 11) is 1.63. The van der Waals surface area contributed by atoms with E-state index in [-0.39, 0.29) is 11.8 Å². The van der Waals surface area contributed by atoms with Crippen LogP contribution in [0.3, 0.4) is 0 Å². The third-order valence-electron chi connectivity index (χ3n) is 6.77. The summed E-state index contributed by atoms with van der Waals surface area (Å²) in [6, 6.07) is 13.7. The molecule has 0 spiro atoms. The van der Waals surface area contributed by atoms with Crippen LogP contribution in [-0.4, -0.2) is 59.9 Å². The van der Waals surface area contributed by atoms with E-state index in [0.29, 0.717) is 32.6 Å². The number of amides is 2. The highest BCUT2D eigenvalue weighted by molar-refractivity contribution is 6.07. The van der Waals surface area contributed by atoms with Gasteiger partial charge < -0.3 is 19.5 Å². The number of H-pyrrole nitrogens is 1. The minimum Gasteiger partial charge on any atom is -0.497 e. The van der Waals surface area contributed by atoms with Crippen molar-refractivity contribution in [2.45, 2.75) is 32.1 Å². The number of rotatable bonds is 4. The molecule has 0 unspecified atom stereocenters. The monoisotopic (exact) mass is 431 g/mol. The van der Waals surface area contributed by atoms with Gasteiger partial charge in [-0.15, -0.1) is 0 Å². The SMILES string of the molecule is COc1cccc(CC(=O)N2CCN(C(=O)c3cccc4c5c([nH]c34)CCCC5)CC2)c1. The van der Waals surface area contributed by atoms with Crippen LogP contribution in [0.15, 0.2) is 42.5 Å². The fourth-order valence-electron chi connectivity index (χ4n) is 5.01. The van der Waals surface area contributed by atoms with Crippen molar-refractivity contribution >= 4 is 22.7 Å². The molecule has 32 heavy (non-hydrogen) atoms. The van der Waals surface area contributed by atoms with Crippen molar-refractivity contribution in [1.82, 2.24) is 14.8 Å². The van der Waals surface area contributed by atoms with E-state index in [1.807, 2.05) is 46.2 Å². The summed E-state index contributed by atoms with van der Waals surface area (Å²) in [6.07, 6.45) is 4.91. The minimum absolute atomic E-state index is 0.0501. The van der Waals surface area contributed by atoms with Crippen LogP contribution in [0, 0.1) is 0 Å². The third-order valence-corrected chi connectivity index (χ3v) is 6.77. The number of aryl methyl sites for hydroxylation is 2. The van der Waals surface area contributed by atoms with Crippen molar-refractivity contribution in [3.8, 4) is 5.75 Å². The smallest absolute Gasteiger partial charge is 0.256 e. The van der Waals surface area contributed by atoms with Gasteiger partial charge in [0.25, 0.3) is 5.91 Å². The predicted molar refractivity (Wildman–Crippen MR) is 124 cm³/mol. The second kappa shape index (κ2) is 8.69. The highest BCUT2D eigenvalue weighted by Crippen LogP contribution is 2.31. The van der Waals surface area contributed by atoms with E-state index in [4.69, 9.17) is 4.74 Å². The number of carbonyl (C=O) groups excluding carboxylic acids is 2. The van der Waals surface area contributed by atoms with Crippen molar-refractivity contribution in [2.75, 3.05) is 33.3 Å². The lowest BCUT2D eigenvalue weighted by Crippen LogP contribution is -2.51. The standard InChI is InChI=1S/C26H29N3O3/c1-32-19-7-4-6-18(16-19)17-24(30)28-12-14-29(15-13-28)26(31)22-10-5-9-21-20-8-2-3-11-23(20)27-25(21)22/h4-7,9-10,16,27H,2-3,8,11-15,17H2,1H3. The molecule has 1 aliphatic carbocycles. The molecule has 0 bridgehead atoms. The lowest BCUT2D eigenvalue weighted by atomic mass is 9.95. The van der Waals surface area contributed by atoms with Gasteiger partial charge in [-0.2, -0.15) is 0 Å². The first-order chi connectivity index (χ1) is 15.6. The Labute approximate surface area is 188 Å². The zero-order valence-electron chi connectivity index (χ0n) is 18.5. The Morgan fingerprint density at radius 2 is 1.72 bits per heavy atom. The topological polar surface area (TPSA) is 65.6 Å². The molecule has 1 saturated heterocycles. The number of nitrogens with zero attached hydrogens (tertiary/aromatic N) is 2. The van der Waals surface area contributed by atoms with Crippen LogP contribution in [0.25, 0.3) is 10.9 Å². The van der Waals surface area contributed by atoms with Gasteiger partial charge >= 0.3 is 0 Å². The van der Waals surface area contributed by atoms with Crippen LogP contribution in [-0.2, 0) is 24.1 Å². The molecule has 1 fully saturated rings. The molecule has 1 aromatic heterocycles. The van der Waals surface area contributed by atoms with E-state index in [9.17, 15) is 9.59 Å². The minimum atomic E-state index is 0.0501. The zero-order chi connectivity index (χ0) is 22.1. The van der Waals surface area contributed by atoms with E-state index < -0.39 is 0 Å². The number of nitrogens with one attached hydrogen (secondary N) is 1. The number of ether oxygens (including phenoxy) is 1. The van der Waals surface area contributed by atoms with E-state index >= 15 is 0 Å². The number of hydrogen-bond acceptors (Lipinski definition) is 3. The van der Waals surface area contributed by atoms with Gasteiger partial charge in [0, 0.05) is 37.3 Å². The number of piperazine rings is 1. The number of hydrogen-bond donors (Lipinski definition) is 1. The Balaban J connectivity index is 1.26. The van der Waals surface area contributed by atoms with Crippen LogP contribution in [0.2, 0.25) is 0 Å². The van der Waals surface area contributed by atoms with Gasteiger partial charge in [-0.1, -0.05) is 24.3 Å². The molecule has 0 saturated carbocycles. The summed E-state index contributed by atoms with van der Waals surface area (Å²) in [5.41, 5.74) is 5.33. The maximum atomic E-state index is 13.4. The molecule has 0 atom stereocenters. The van der Waals surface area contributed by atoms with Crippen LogP contribution in [0.5, 0.6) is 5.75 Å². The number of aromatic amines is 1. The summed E-state index contributed by atoms with van der Waals surface area (Å²) in [4.78, 5) is 33.4. The zero-order valence-corrected chi connectivity index (χ0v) is 18.5. The number of aromatic nitrogens is 1. The number of para-hydroxylation sites is 1. The quantitative estimate of drug-likeness (QED) is 0.687. The van der Waals surface area contributed by atoms with Crippen LogP contribution < -0.4 is 4.74 Å². The molecule has 2 aromatic carbocycles. The van der Waals surface area contributed by atoms with E-state index in [1.165, 1.54) is 29.5 Å². The molecule has 2 heterocycles. The maximum absolute atomic E-state index is 13.4. The van der Waals surface area contributed by atoms with Crippen molar-refractivity contribution < 1.29 is 14.3 Å². The van der Waals surface area contributed by atoms with Gasteiger partial charge in [0.2, 0.25) is 5.91 Å². The van der Waals surface area contributed by atoms with E-state index in [1.54, 1.807) is 7.11 Å². The second-order valence-corrected chi connectivity index (χ2v) is 8.72. The normalized spacial score (nSPS) is 16.2. The van der Waals surface area contributed by atoms with Gasteiger partial charge in [-0.3, -0.25) is 9.59 Å². The Morgan fingerprint density at radius 1 is 0.969 bits per heavy atom. The van der Waals surface area contributed by atoms with Crippen molar-refractivity contribution in [1.29, 1.82) is 0 Å². The molecule has 166 valence electrons. The molecule has 2 aliphatic rings. The first-order valence-electron chi connectivity index (χ1n) is 11.5. The van der Waals surface area contributed by atoms with Crippen LogP contribution in [0.4, 0.5) is 0 Å². The Kier molecular flexibility index (Phi) is 5.60. The number of methoxy groups -OCH3 is 1. The largest absolute Gasteiger partial charge is 0.497 e. The molecule has 5 rings (SSSR count). The summed E-state index contributed by atoms with van der Waals surface area (Å²) >= 11 is 0. The average molecular weight is 432 g/mol. The van der Waals surface area contributed by atoms with Gasteiger partial charge in [0.1, 0.15) is 5.75 Å². The van der Waals surface area contributed by atoms with E-state index in [2.05, 4.69) is 11.1 Å². The molecular formula is C26H29N3O3. The molecular weight excluding hydrogens is 402 g/mol. The summed E-state index contributed by atoms with van der Waals surface area (Å²) in [5.74, 6) is 0.893. The lowest BCUT2D eigenvalue weighted by molar-refractivity contribution is -0.131. The molecule has 2 amide bonds. The first-order valence-corrected chi connectivity index (χ1v) is 11.5. The highest BCUT2D eigenvalue weighted by Gasteiger charge is 2.27. The molecule has 1 aliphatic heterocycles. The summed E-state index contributed by atoms with van der Waals surface area (Å²) in [5, 5.41) is 1.19. The van der Waals surface area contributed by atoms with Crippen molar-refractivity contribution in [3.63, 3.8) is 0 Å². The predicted octanol–water partition coefficient (Wildman–Crippen LogP) is 3.58. The fraction of sp³-hybridized carbons (Fsp3) is 0.385. The summed E-state index contributed by atoms with van der Waals surface area (Å²) in [6.45, 7) is 2.23. The van der Waals surface area contributed by atoms with Gasteiger partial charge in [-0.05, 0) is 55.0 Å². The third kappa shape index (κ3) is 3.85. The molecule has 6 heteroatoms. The van der Waals surface area contributed by atoms with Crippen LogP contribution >= 0.6 is 0 Å². The van der Waals surface area contributed by atoms with Crippen molar-refractivity contribution in [2.24, 2.45) is 0 Å². The molecule has 0 radical (unpaired) electrons. The second-order valence-electron chi connectivity index (χ2n) is 8.72. The van der Waals surface area contributed by atoms with Gasteiger partial charge in [-0.25, -0.2) is 0 Å². The molecule has 6 nitrogen and oxygen atoms in total. The van der Waals surface area contributed by atoms with Crippen LogP contribution in [0.1, 0.15) is 40.0 Å². The Hall–Kier alpha value is -3.28. The van der Waals surface area contributed by atoms with Gasteiger partial charge in [0.05, 0.1) is 24.6 Å². The number of benzene rings is 2. The maximum Gasteiger partial charge on any atom is 0.256 e. The first kappa shape index (κ1) is 20.6. The number of fused-ring (bicyclic) bond motifs is 3.